The number of likely N-dealkylation sites (N-methyl/N-ethyl adjacent to an activating group) is 1. The van der Waals surface area contributed by atoms with Crippen LogP contribution in [0.3, 0.4) is 0 Å². The van der Waals surface area contributed by atoms with Crippen LogP contribution in [0.4, 0.5) is 0 Å². The van der Waals surface area contributed by atoms with E-state index in [1.165, 1.54) is 7.05 Å². The lowest BCUT2D eigenvalue weighted by Gasteiger charge is -2.15. The van der Waals surface area contributed by atoms with E-state index in [9.17, 15) is 4.79 Å². The summed E-state index contributed by atoms with van der Waals surface area (Å²) in [6.45, 7) is 3.72. The first-order valence-corrected chi connectivity index (χ1v) is 4.56. The van der Waals surface area contributed by atoms with Gasteiger partial charge in [0.1, 0.15) is 5.82 Å². The molecule has 0 aliphatic carbocycles. The van der Waals surface area contributed by atoms with E-state index in [0.717, 1.165) is 17.6 Å². The largest absolute Gasteiger partial charge is 0.355 e. The second-order valence-electron chi connectivity index (χ2n) is 3.19. The maximum absolute atomic E-state index is 11.4. The van der Waals surface area contributed by atoms with E-state index in [4.69, 9.17) is 5.41 Å². The molecule has 15 heavy (non-hydrogen) atoms. The molecule has 1 aliphatic rings. The van der Waals surface area contributed by atoms with Crippen molar-refractivity contribution < 1.29 is 4.79 Å². The van der Waals surface area contributed by atoms with Crippen LogP contribution in [0.1, 0.15) is 13.8 Å². The van der Waals surface area contributed by atoms with Gasteiger partial charge in [0, 0.05) is 24.7 Å². The third-order valence-electron chi connectivity index (χ3n) is 1.90. The number of amides is 1. The van der Waals surface area contributed by atoms with Crippen LogP contribution in [-0.4, -0.2) is 24.9 Å². The Morgan fingerprint density at radius 2 is 2.27 bits per heavy atom. The lowest BCUT2D eigenvalue weighted by molar-refractivity contribution is -0.116. The van der Waals surface area contributed by atoms with Crippen LogP contribution in [0.15, 0.2) is 28.2 Å². The zero-order valence-electron chi connectivity index (χ0n) is 9.01. The molecule has 1 rings (SSSR count). The fraction of sp³-hybridized carbons (Fsp3) is 0.300. The summed E-state index contributed by atoms with van der Waals surface area (Å²) in [6, 6.07) is 0. The first kappa shape index (κ1) is 11.2. The third kappa shape index (κ3) is 2.52. The fourth-order valence-corrected chi connectivity index (χ4v) is 1.28. The summed E-state index contributed by atoms with van der Waals surface area (Å²) in [5, 5.41) is 12.6. The normalized spacial score (nSPS) is 18.3. The molecule has 1 aliphatic heterocycles. The number of allylic oxidation sites excluding steroid dienone is 2. The number of hydrogen-bond acceptors (Lipinski definition) is 4. The molecule has 0 spiro atoms. The summed E-state index contributed by atoms with van der Waals surface area (Å²) in [6.07, 6.45) is 2.87. The van der Waals surface area contributed by atoms with Crippen molar-refractivity contribution in [2.75, 3.05) is 7.05 Å². The van der Waals surface area contributed by atoms with Gasteiger partial charge in [-0.05, 0) is 19.9 Å². The van der Waals surface area contributed by atoms with Crippen molar-refractivity contribution in [2.45, 2.75) is 13.8 Å². The minimum atomic E-state index is -0.321. The van der Waals surface area contributed by atoms with E-state index in [1.54, 1.807) is 0 Å². The molecular formula is C10H14N4O. The zero-order chi connectivity index (χ0) is 11.4. The predicted molar refractivity (Wildman–Crippen MR) is 59.9 cm³/mol. The highest BCUT2D eigenvalue weighted by Gasteiger charge is 2.14. The van der Waals surface area contributed by atoms with Crippen LogP contribution in [-0.2, 0) is 4.79 Å². The van der Waals surface area contributed by atoms with Gasteiger partial charge in [-0.1, -0.05) is 0 Å². The molecule has 0 unspecified atom stereocenters. The Kier molecular flexibility index (Phi) is 3.38. The van der Waals surface area contributed by atoms with Crippen LogP contribution >= 0.6 is 0 Å². The Morgan fingerprint density at radius 3 is 2.73 bits per heavy atom. The van der Waals surface area contributed by atoms with Crippen molar-refractivity contribution in [1.82, 2.24) is 10.6 Å². The van der Waals surface area contributed by atoms with E-state index in [0.29, 0.717) is 5.82 Å². The average molecular weight is 206 g/mol. The van der Waals surface area contributed by atoms with E-state index < -0.39 is 0 Å². The lowest BCUT2D eigenvalue weighted by atomic mass is 10.2. The summed E-state index contributed by atoms with van der Waals surface area (Å²) in [7, 11) is 1.52. The van der Waals surface area contributed by atoms with Crippen LogP contribution in [0.25, 0.3) is 0 Å². The van der Waals surface area contributed by atoms with Crippen molar-refractivity contribution in [2.24, 2.45) is 4.99 Å². The average Bonchev–Trinajstić information content (AvgIpc) is 2.17. The topological polar surface area (TPSA) is 77.3 Å². The first-order chi connectivity index (χ1) is 7.08. The molecule has 0 bridgehead atoms. The molecular weight excluding hydrogens is 192 g/mol. The lowest BCUT2D eigenvalue weighted by Crippen LogP contribution is -2.27. The zero-order valence-corrected chi connectivity index (χ0v) is 9.01. The number of nitrogens with zero attached hydrogens (tertiary/aromatic N) is 1. The monoisotopic (exact) mass is 206 g/mol. The molecule has 1 heterocycles. The summed E-state index contributed by atoms with van der Waals surface area (Å²) < 4.78 is 0. The Balaban J connectivity index is 3.14. The highest BCUT2D eigenvalue weighted by atomic mass is 16.1. The molecule has 0 aromatic rings. The number of aliphatic imine (C=N–C) groups is 1. The Labute approximate surface area is 88.5 Å². The van der Waals surface area contributed by atoms with Gasteiger partial charge in [0.05, 0.1) is 5.57 Å². The van der Waals surface area contributed by atoms with Gasteiger partial charge in [-0.3, -0.25) is 4.79 Å². The highest BCUT2D eigenvalue weighted by Crippen LogP contribution is 2.09. The van der Waals surface area contributed by atoms with Crippen LogP contribution in [0, 0.1) is 5.41 Å². The van der Waals surface area contributed by atoms with Crippen molar-refractivity contribution in [3.8, 4) is 0 Å². The maximum Gasteiger partial charge on any atom is 0.256 e. The molecule has 3 N–H and O–H groups in total. The minimum absolute atomic E-state index is 0.226. The molecule has 0 saturated heterocycles. The maximum atomic E-state index is 11.4. The van der Waals surface area contributed by atoms with Gasteiger partial charge in [-0.15, -0.1) is 0 Å². The van der Waals surface area contributed by atoms with E-state index in [2.05, 4.69) is 15.6 Å². The van der Waals surface area contributed by atoms with E-state index in [1.807, 2.05) is 19.9 Å². The number of carbonyl (C=O) groups is 1. The second-order valence-corrected chi connectivity index (χ2v) is 3.19. The number of hydrogen-bond donors (Lipinski definition) is 3. The standard InChI is InChI=1S/C10H14N4O/c1-6-4-7(2)14-9(13-6)8(5-11)10(15)12-3/h4-5,11,13H,1-3H3,(H,12,15)/b9-8-,11-5?. The van der Waals surface area contributed by atoms with Gasteiger partial charge >= 0.3 is 0 Å². The van der Waals surface area contributed by atoms with Crippen LogP contribution in [0.5, 0.6) is 0 Å². The van der Waals surface area contributed by atoms with Crippen LogP contribution in [0.2, 0.25) is 0 Å². The quantitative estimate of drug-likeness (QED) is 0.456. The van der Waals surface area contributed by atoms with Gasteiger partial charge in [-0.25, -0.2) is 4.99 Å². The molecule has 0 fully saturated rings. The summed E-state index contributed by atoms with van der Waals surface area (Å²) >= 11 is 0. The fourth-order valence-electron chi connectivity index (χ4n) is 1.28. The summed E-state index contributed by atoms with van der Waals surface area (Å²) in [5.41, 5.74) is 1.94. The third-order valence-corrected chi connectivity index (χ3v) is 1.90. The molecule has 0 atom stereocenters. The number of rotatable bonds is 2. The Hall–Kier alpha value is -1.91. The van der Waals surface area contributed by atoms with Gasteiger partial charge in [0.15, 0.2) is 0 Å². The Morgan fingerprint density at radius 1 is 1.60 bits per heavy atom. The van der Waals surface area contributed by atoms with Crippen molar-refractivity contribution in [3.63, 3.8) is 0 Å². The SMILES string of the molecule is CNC(=O)/C(C=N)=C1\N=C(C)C=C(C)N1. The van der Waals surface area contributed by atoms with Gasteiger partial charge in [0.25, 0.3) is 5.91 Å². The van der Waals surface area contributed by atoms with E-state index >= 15 is 0 Å². The van der Waals surface area contributed by atoms with Crippen LogP contribution < -0.4 is 10.6 Å². The molecule has 5 heteroatoms. The van der Waals surface area contributed by atoms with Crippen molar-refractivity contribution in [1.29, 1.82) is 5.41 Å². The van der Waals surface area contributed by atoms with Crippen molar-refractivity contribution >= 4 is 17.8 Å². The molecule has 80 valence electrons. The number of carbonyl (C=O) groups excluding carboxylic acids is 1. The highest BCUT2D eigenvalue weighted by molar-refractivity contribution is 6.12. The summed E-state index contributed by atoms with van der Waals surface area (Å²) in [5.74, 6) is 0.0978. The molecule has 5 nitrogen and oxygen atoms in total. The molecule has 1 amide bonds. The molecule has 0 aromatic heterocycles. The molecule has 0 saturated carbocycles. The smallest absolute Gasteiger partial charge is 0.256 e. The predicted octanol–water partition coefficient (Wildman–Crippen LogP) is 0.561. The Bertz CT molecular complexity index is 390. The van der Waals surface area contributed by atoms with E-state index in [-0.39, 0.29) is 11.5 Å². The van der Waals surface area contributed by atoms with Crippen molar-refractivity contribution in [3.05, 3.63) is 23.2 Å². The molecule has 0 aromatic carbocycles. The van der Waals surface area contributed by atoms with Gasteiger partial charge < -0.3 is 16.0 Å². The molecule has 0 radical (unpaired) electrons. The number of nitrogens with one attached hydrogen (secondary N) is 3. The van der Waals surface area contributed by atoms with Gasteiger partial charge in [0.2, 0.25) is 0 Å². The minimum Gasteiger partial charge on any atom is -0.355 e. The first-order valence-electron chi connectivity index (χ1n) is 4.56. The van der Waals surface area contributed by atoms with Gasteiger partial charge in [-0.2, -0.15) is 0 Å². The second kappa shape index (κ2) is 4.54. The summed E-state index contributed by atoms with van der Waals surface area (Å²) in [4.78, 5) is 15.6.